The van der Waals surface area contributed by atoms with Crippen LogP contribution in [0.25, 0.3) is 0 Å². The number of carbonyl (C=O) groups excluding carboxylic acids is 1. The molecule has 84 valence electrons. The van der Waals surface area contributed by atoms with Crippen molar-refractivity contribution in [3.05, 3.63) is 0 Å². The van der Waals surface area contributed by atoms with Crippen molar-refractivity contribution in [3.8, 4) is 0 Å². The van der Waals surface area contributed by atoms with Gasteiger partial charge in [0.05, 0.1) is 0 Å². The molecule has 0 spiro atoms. The van der Waals surface area contributed by atoms with E-state index in [9.17, 15) is 13.6 Å². The predicted molar refractivity (Wildman–Crippen MR) is 48.2 cm³/mol. The normalized spacial score (nSPS) is 12.9. The average molecular weight is 210 g/mol. The fraction of sp³-hybridized carbons (Fsp3) is 0.875. The third kappa shape index (κ3) is 6.73. The van der Waals surface area contributed by atoms with Gasteiger partial charge in [-0.25, -0.2) is 8.78 Å². The highest BCUT2D eigenvalue weighted by Gasteiger charge is 2.16. The maximum atomic E-state index is 11.8. The molecule has 0 aliphatic carbocycles. The van der Waals surface area contributed by atoms with Gasteiger partial charge in [-0.3, -0.25) is 4.79 Å². The molecule has 0 aromatic carbocycles. The molecule has 0 rings (SSSR count). The lowest BCUT2D eigenvalue weighted by Gasteiger charge is -2.10. The van der Waals surface area contributed by atoms with E-state index in [2.05, 4.69) is 10.6 Å². The number of nitrogens with one attached hydrogen (secondary N) is 2. The van der Waals surface area contributed by atoms with Crippen LogP contribution in [-0.4, -0.2) is 43.7 Å². The van der Waals surface area contributed by atoms with Gasteiger partial charge in [0.2, 0.25) is 5.91 Å². The number of aliphatic hydroxyl groups is 1. The van der Waals surface area contributed by atoms with E-state index in [1.165, 1.54) is 0 Å². The molecule has 0 heterocycles. The van der Waals surface area contributed by atoms with Crippen molar-refractivity contribution >= 4 is 5.91 Å². The number of hydrogen-bond acceptors (Lipinski definition) is 3. The number of alkyl halides is 2. The lowest BCUT2D eigenvalue weighted by atomic mass is 10.3. The zero-order valence-corrected chi connectivity index (χ0v) is 8.09. The molecule has 0 aromatic heterocycles. The van der Waals surface area contributed by atoms with E-state index in [-0.39, 0.29) is 12.3 Å². The molecule has 1 unspecified atom stereocenters. The van der Waals surface area contributed by atoms with Crippen molar-refractivity contribution in [1.82, 2.24) is 10.6 Å². The molecule has 1 atom stereocenters. The van der Waals surface area contributed by atoms with Crippen LogP contribution < -0.4 is 10.6 Å². The largest absolute Gasteiger partial charge is 0.385 e. The fourth-order valence-electron chi connectivity index (χ4n) is 0.822. The Balaban J connectivity index is 3.44. The summed E-state index contributed by atoms with van der Waals surface area (Å²) in [4.78, 5) is 11.0. The lowest BCUT2D eigenvalue weighted by Crippen LogP contribution is -2.35. The van der Waals surface area contributed by atoms with Crippen LogP contribution in [0.1, 0.15) is 12.8 Å². The first-order chi connectivity index (χ1) is 6.57. The minimum atomic E-state index is -2.81. The Hall–Kier alpha value is -0.750. The summed E-state index contributed by atoms with van der Waals surface area (Å²) in [6, 6.07) is 0. The van der Waals surface area contributed by atoms with Crippen molar-refractivity contribution in [2.75, 3.05) is 20.1 Å². The maximum absolute atomic E-state index is 11.8. The summed E-state index contributed by atoms with van der Waals surface area (Å²) >= 11 is 0. The zero-order valence-electron chi connectivity index (χ0n) is 8.09. The second-order valence-corrected chi connectivity index (χ2v) is 2.91. The highest BCUT2D eigenvalue weighted by molar-refractivity contribution is 5.75. The number of halogens is 2. The van der Waals surface area contributed by atoms with Crippen LogP contribution in [0.2, 0.25) is 0 Å². The van der Waals surface area contributed by atoms with Crippen molar-refractivity contribution in [1.29, 1.82) is 0 Å². The van der Waals surface area contributed by atoms with Crippen molar-refractivity contribution in [3.63, 3.8) is 0 Å². The zero-order chi connectivity index (χ0) is 11.0. The summed E-state index contributed by atoms with van der Waals surface area (Å²) in [6.45, 7) is 0.306. The Morgan fingerprint density at radius 3 is 2.64 bits per heavy atom. The van der Waals surface area contributed by atoms with Gasteiger partial charge >= 0.3 is 0 Å². The monoisotopic (exact) mass is 210 g/mol. The fourth-order valence-corrected chi connectivity index (χ4v) is 0.822. The van der Waals surface area contributed by atoms with E-state index in [0.29, 0.717) is 13.0 Å². The van der Waals surface area contributed by atoms with Gasteiger partial charge in [-0.15, -0.1) is 0 Å². The molecule has 0 fully saturated rings. The average Bonchev–Trinajstić information content (AvgIpc) is 2.14. The first-order valence-corrected chi connectivity index (χ1v) is 4.45. The topological polar surface area (TPSA) is 61.4 Å². The lowest BCUT2D eigenvalue weighted by molar-refractivity contribution is -0.122. The molecule has 0 bridgehead atoms. The Morgan fingerprint density at radius 2 is 2.14 bits per heavy atom. The van der Waals surface area contributed by atoms with Gasteiger partial charge in [0.25, 0.3) is 6.43 Å². The number of amides is 1. The van der Waals surface area contributed by atoms with Crippen molar-refractivity contribution in [2.45, 2.75) is 25.4 Å². The molecule has 14 heavy (non-hydrogen) atoms. The third-order valence-electron chi connectivity index (χ3n) is 1.63. The summed E-state index contributed by atoms with van der Waals surface area (Å²) in [5.74, 6) is -0.319. The van der Waals surface area contributed by atoms with Gasteiger partial charge in [0.15, 0.2) is 0 Å². The molecule has 6 heteroatoms. The Morgan fingerprint density at radius 1 is 1.50 bits per heavy atom. The van der Waals surface area contributed by atoms with Gasteiger partial charge in [0.1, 0.15) is 6.10 Å². The minimum Gasteiger partial charge on any atom is -0.385 e. The SMILES string of the molecule is CNCCCC(=O)NCC(O)C(F)F. The molecule has 0 aromatic rings. The van der Waals surface area contributed by atoms with E-state index in [0.717, 1.165) is 0 Å². The van der Waals surface area contributed by atoms with Crippen LogP contribution in [-0.2, 0) is 4.79 Å². The van der Waals surface area contributed by atoms with Crippen LogP contribution in [0.15, 0.2) is 0 Å². The van der Waals surface area contributed by atoms with Gasteiger partial charge in [0, 0.05) is 13.0 Å². The van der Waals surface area contributed by atoms with Crippen LogP contribution in [0, 0.1) is 0 Å². The van der Waals surface area contributed by atoms with Crippen molar-refractivity contribution < 1.29 is 18.7 Å². The number of rotatable bonds is 7. The molecular formula is C8H16F2N2O2. The standard InChI is InChI=1S/C8H16F2N2O2/c1-11-4-2-3-7(14)12-5-6(13)8(9)10/h6,8,11,13H,2-5H2,1H3,(H,12,14). The van der Waals surface area contributed by atoms with Crippen LogP contribution in [0.3, 0.4) is 0 Å². The Labute approximate surface area is 81.7 Å². The molecule has 3 N–H and O–H groups in total. The smallest absolute Gasteiger partial charge is 0.265 e. The van der Waals surface area contributed by atoms with Crippen LogP contribution in [0.5, 0.6) is 0 Å². The number of aliphatic hydroxyl groups excluding tert-OH is 1. The van der Waals surface area contributed by atoms with Crippen molar-refractivity contribution in [2.24, 2.45) is 0 Å². The number of carbonyl (C=O) groups is 1. The van der Waals surface area contributed by atoms with E-state index < -0.39 is 19.1 Å². The first kappa shape index (κ1) is 13.2. The Bertz CT molecular complexity index is 167. The molecule has 0 aliphatic rings. The van der Waals surface area contributed by atoms with Crippen LogP contribution in [0.4, 0.5) is 8.78 Å². The van der Waals surface area contributed by atoms with E-state index >= 15 is 0 Å². The quantitative estimate of drug-likeness (QED) is 0.507. The third-order valence-corrected chi connectivity index (χ3v) is 1.63. The predicted octanol–water partition coefficient (Wildman–Crippen LogP) is -0.272. The summed E-state index contributed by atoms with van der Waals surface area (Å²) in [7, 11) is 1.76. The molecule has 1 amide bonds. The molecular weight excluding hydrogens is 194 g/mol. The molecule has 0 aliphatic heterocycles. The highest BCUT2D eigenvalue weighted by atomic mass is 19.3. The molecule has 0 saturated heterocycles. The Kier molecular flexibility index (Phi) is 7.23. The second-order valence-electron chi connectivity index (χ2n) is 2.91. The number of hydrogen-bond donors (Lipinski definition) is 3. The van der Waals surface area contributed by atoms with Gasteiger partial charge in [-0.05, 0) is 20.0 Å². The van der Waals surface area contributed by atoms with E-state index in [1.54, 1.807) is 7.05 Å². The highest BCUT2D eigenvalue weighted by Crippen LogP contribution is 1.98. The van der Waals surface area contributed by atoms with Gasteiger partial charge in [-0.1, -0.05) is 0 Å². The van der Waals surface area contributed by atoms with E-state index in [4.69, 9.17) is 5.11 Å². The summed E-state index contributed by atoms with van der Waals surface area (Å²) in [5.41, 5.74) is 0. The van der Waals surface area contributed by atoms with Gasteiger partial charge < -0.3 is 15.7 Å². The van der Waals surface area contributed by atoms with Gasteiger partial charge in [-0.2, -0.15) is 0 Å². The summed E-state index contributed by atoms with van der Waals surface area (Å²) in [5, 5.41) is 13.8. The molecule has 0 radical (unpaired) electrons. The summed E-state index contributed by atoms with van der Waals surface area (Å²) in [6.07, 6.45) is -3.67. The first-order valence-electron chi connectivity index (χ1n) is 4.45. The molecule has 4 nitrogen and oxygen atoms in total. The van der Waals surface area contributed by atoms with E-state index in [1.807, 2.05) is 0 Å². The van der Waals surface area contributed by atoms with Crippen LogP contribution >= 0.6 is 0 Å². The second kappa shape index (κ2) is 7.64. The molecule has 0 saturated carbocycles. The summed E-state index contributed by atoms with van der Waals surface area (Å²) < 4.78 is 23.5. The maximum Gasteiger partial charge on any atom is 0.265 e. The minimum absolute atomic E-state index is 0.275.